The molecule has 94 valence electrons. The van der Waals surface area contributed by atoms with Gasteiger partial charge in [0.1, 0.15) is 0 Å². The zero-order valence-electron chi connectivity index (χ0n) is 10.8. The van der Waals surface area contributed by atoms with Gasteiger partial charge in [-0.25, -0.2) is 0 Å². The fourth-order valence-electron chi connectivity index (χ4n) is 1.71. The Balaban J connectivity index is 2.30. The first kappa shape index (κ1) is 13.7. The number of hydrogen-bond donors (Lipinski definition) is 1. The highest BCUT2D eigenvalue weighted by Gasteiger charge is 2.05. The summed E-state index contributed by atoms with van der Waals surface area (Å²) in [4.78, 5) is 10.9. The van der Waals surface area contributed by atoms with E-state index in [0.717, 1.165) is 13.0 Å². The van der Waals surface area contributed by atoms with Gasteiger partial charge in [0.05, 0.1) is 7.11 Å². The second kappa shape index (κ2) is 7.07. The molecule has 1 atom stereocenters. The molecule has 0 aliphatic rings. The number of benzene rings is 1. The second-order valence-corrected chi connectivity index (χ2v) is 4.27. The number of rotatable bonds is 6. The molecule has 1 rings (SSSR count). The van der Waals surface area contributed by atoms with E-state index >= 15 is 0 Å². The highest BCUT2D eigenvalue weighted by molar-refractivity contribution is 5.69. The van der Waals surface area contributed by atoms with Gasteiger partial charge < -0.3 is 10.1 Å². The molecular formula is C14H21NO2. The van der Waals surface area contributed by atoms with Crippen molar-refractivity contribution in [3.63, 3.8) is 0 Å². The number of carbonyl (C=O) groups excluding carboxylic acids is 1. The van der Waals surface area contributed by atoms with E-state index in [1.807, 2.05) is 0 Å². The van der Waals surface area contributed by atoms with Crippen molar-refractivity contribution in [1.29, 1.82) is 0 Å². The molecule has 0 saturated heterocycles. The van der Waals surface area contributed by atoms with Gasteiger partial charge in [-0.1, -0.05) is 29.8 Å². The van der Waals surface area contributed by atoms with Crippen LogP contribution in [-0.2, 0) is 9.53 Å². The number of nitrogens with one attached hydrogen (secondary N) is 1. The van der Waals surface area contributed by atoms with Gasteiger partial charge in [0, 0.05) is 12.5 Å². The SMILES string of the molecule is COC(=O)CCCN[C@H](C)c1cccc(C)c1. The molecule has 0 spiro atoms. The fraction of sp³-hybridized carbons (Fsp3) is 0.500. The van der Waals surface area contributed by atoms with E-state index in [0.29, 0.717) is 12.5 Å². The van der Waals surface area contributed by atoms with Crippen molar-refractivity contribution in [3.8, 4) is 0 Å². The van der Waals surface area contributed by atoms with Gasteiger partial charge in [0.2, 0.25) is 0 Å². The third-order valence-electron chi connectivity index (χ3n) is 2.78. The minimum Gasteiger partial charge on any atom is -0.469 e. The lowest BCUT2D eigenvalue weighted by Crippen LogP contribution is -2.20. The van der Waals surface area contributed by atoms with Crippen molar-refractivity contribution in [2.24, 2.45) is 0 Å². The van der Waals surface area contributed by atoms with Crippen LogP contribution in [0.2, 0.25) is 0 Å². The van der Waals surface area contributed by atoms with Gasteiger partial charge in [-0.15, -0.1) is 0 Å². The van der Waals surface area contributed by atoms with Gasteiger partial charge in [-0.05, 0) is 32.4 Å². The smallest absolute Gasteiger partial charge is 0.305 e. The van der Waals surface area contributed by atoms with E-state index < -0.39 is 0 Å². The van der Waals surface area contributed by atoms with Crippen LogP contribution in [0.15, 0.2) is 24.3 Å². The topological polar surface area (TPSA) is 38.3 Å². The lowest BCUT2D eigenvalue weighted by Gasteiger charge is -2.14. The molecule has 0 fully saturated rings. The summed E-state index contributed by atoms with van der Waals surface area (Å²) >= 11 is 0. The normalized spacial score (nSPS) is 12.2. The van der Waals surface area contributed by atoms with Crippen LogP contribution >= 0.6 is 0 Å². The maximum Gasteiger partial charge on any atom is 0.305 e. The predicted octanol–water partition coefficient (Wildman–Crippen LogP) is 2.60. The molecule has 0 aliphatic heterocycles. The van der Waals surface area contributed by atoms with Crippen LogP contribution in [-0.4, -0.2) is 19.6 Å². The van der Waals surface area contributed by atoms with Gasteiger partial charge >= 0.3 is 5.97 Å². The lowest BCUT2D eigenvalue weighted by atomic mass is 10.1. The van der Waals surface area contributed by atoms with Crippen molar-refractivity contribution >= 4 is 5.97 Å². The summed E-state index contributed by atoms with van der Waals surface area (Å²) in [5.74, 6) is -0.144. The van der Waals surface area contributed by atoms with Crippen molar-refractivity contribution in [2.75, 3.05) is 13.7 Å². The Bertz CT molecular complexity index is 363. The molecule has 0 amide bonds. The highest BCUT2D eigenvalue weighted by atomic mass is 16.5. The van der Waals surface area contributed by atoms with Gasteiger partial charge in [-0.2, -0.15) is 0 Å². The summed E-state index contributed by atoms with van der Waals surface area (Å²) in [6, 6.07) is 8.76. The van der Waals surface area contributed by atoms with Crippen molar-refractivity contribution in [2.45, 2.75) is 32.7 Å². The predicted molar refractivity (Wildman–Crippen MR) is 68.8 cm³/mol. The first-order valence-electron chi connectivity index (χ1n) is 6.00. The molecule has 0 unspecified atom stereocenters. The van der Waals surface area contributed by atoms with Crippen LogP contribution in [0.1, 0.15) is 36.9 Å². The summed E-state index contributed by atoms with van der Waals surface area (Å²) in [6.45, 7) is 5.05. The van der Waals surface area contributed by atoms with Gasteiger partial charge in [0.15, 0.2) is 0 Å². The Kier molecular flexibility index (Phi) is 5.70. The number of hydrogen-bond acceptors (Lipinski definition) is 3. The Morgan fingerprint density at radius 1 is 1.47 bits per heavy atom. The average Bonchev–Trinajstić information content (AvgIpc) is 2.34. The van der Waals surface area contributed by atoms with Crippen LogP contribution in [0, 0.1) is 6.92 Å². The van der Waals surface area contributed by atoms with E-state index in [4.69, 9.17) is 0 Å². The van der Waals surface area contributed by atoms with Crippen LogP contribution in [0.25, 0.3) is 0 Å². The zero-order chi connectivity index (χ0) is 12.7. The Hall–Kier alpha value is -1.35. The molecule has 0 aliphatic carbocycles. The number of esters is 1. The average molecular weight is 235 g/mol. The van der Waals surface area contributed by atoms with Crippen LogP contribution in [0.4, 0.5) is 0 Å². The Labute approximate surface area is 103 Å². The summed E-state index contributed by atoms with van der Waals surface area (Å²) < 4.78 is 4.59. The minimum absolute atomic E-state index is 0.144. The maximum atomic E-state index is 10.9. The van der Waals surface area contributed by atoms with E-state index in [-0.39, 0.29) is 5.97 Å². The second-order valence-electron chi connectivity index (χ2n) is 4.27. The zero-order valence-corrected chi connectivity index (χ0v) is 10.8. The van der Waals surface area contributed by atoms with Crippen molar-refractivity contribution in [1.82, 2.24) is 5.32 Å². The molecular weight excluding hydrogens is 214 g/mol. The number of carbonyl (C=O) groups is 1. The third-order valence-corrected chi connectivity index (χ3v) is 2.78. The Morgan fingerprint density at radius 3 is 2.88 bits per heavy atom. The molecule has 3 nitrogen and oxygen atoms in total. The van der Waals surface area contributed by atoms with E-state index in [9.17, 15) is 4.79 Å². The van der Waals surface area contributed by atoms with Gasteiger partial charge in [0.25, 0.3) is 0 Å². The molecule has 1 aromatic carbocycles. The number of methoxy groups -OCH3 is 1. The standard InChI is InChI=1S/C14H21NO2/c1-11-6-4-7-13(10-11)12(2)15-9-5-8-14(16)17-3/h4,6-7,10,12,15H,5,8-9H2,1-3H3/t12-/m1/s1. The van der Waals surface area contributed by atoms with Crippen LogP contribution < -0.4 is 5.32 Å². The quantitative estimate of drug-likeness (QED) is 0.608. The monoisotopic (exact) mass is 235 g/mol. The fourth-order valence-corrected chi connectivity index (χ4v) is 1.71. The van der Waals surface area contributed by atoms with Crippen molar-refractivity contribution in [3.05, 3.63) is 35.4 Å². The third kappa shape index (κ3) is 5.00. The molecule has 0 bridgehead atoms. The molecule has 0 radical (unpaired) electrons. The largest absolute Gasteiger partial charge is 0.469 e. The molecule has 1 N–H and O–H groups in total. The number of aryl methyl sites for hydroxylation is 1. The van der Waals surface area contributed by atoms with Gasteiger partial charge in [-0.3, -0.25) is 4.79 Å². The van der Waals surface area contributed by atoms with Crippen molar-refractivity contribution < 1.29 is 9.53 Å². The number of ether oxygens (including phenoxy) is 1. The first-order chi connectivity index (χ1) is 8.13. The first-order valence-corrected chi connectivity index (χ1v) is 6.00. The highest BCUT2D eigenvalue weighted by Crippen LogP contribution is 2.13. The molecule has 17 heavy (non-hydrogen) atoms. The molecule has 0 heterocycles. The molecule has 0 saturated carbocycles. The molecule has 3 heteroatoms. The summed E-state index contributed by atoms with van der Waals surface area (Å²) in [5, 5.41) is 3.40. The van der Waals surface area contributed by atoms with Crippen LogP contribution in [0.5, 0.6) is 0 Å². The van der Waals surface area contributed by atoms with E-state index in [1.165, 1.54) is 18.2 Å². The molecule has 1 aromatic rings. The van der Waals surface area contributed by atoms with Crippen LogP contribution in [0.3, 0.4) is 0 Å². The lowest BCUT2D eigenvalue weighted by molar-refractivity contribution is -0.140. The van der Waals surface area contributed by atoms with E-state index in [2.05, 4.69) is 48.2 Å². The summed E-state index contributed by atoms with van der Waals surface area (Å²) in [5.41, 5.74) is 2.55. The summed E-state index contributed by atoms with van der Waals surface area (Å²) in [7, 11) is 1.42. The molecule has 0 aromatic heterocycles. The maximum absolute atomic E-state index is 10.9. The Morgan fingerprint density at radius 2 is 2.24 bits per heavy atom. The summed E-state index contributed by atoms with van der Waals surface area (Å²) in [6.07, 6.45) is 1.28. The van der Waals surface area contributed by atoms with E-state index in [1.54, 1.807) is 0 Å². The minimum atomic E-state index is -0.144.